The van der Waals surface area contributed by atoms with Crippen LogP contribution in [0.3, 0.4) is 0 Å². The van der Waals surface area contributed by atoms with Gasteiger partial charge in [-0.1, -0.05) is 17.7 Å². The third-order valence-corrected chi connectivity index (χ3v) is 3.37. The van der Waals surface area contributed by atoms with Gasteiger partial charge in [0.2, 0.25) is 0 Å². The van der Waals surface area contributed by atoms with Crippen molar-refractivity contribution in [3.63, 3.8) is 0 Å². The van der Waals surface area contributed by atoms with Crippen LogP contribution in [0.25, 0.3) is 0 Å². The molecule has 0 radical (unpaired) electrons. The maximum Gasteiger partial charge on any atom is 0.410 e. The molecule has 1 unspecified atom stereocenters. The molecule has 0 aliphatic carbocycles. The van der Waals surface area contributed by atoms with E-state index in [0.29, 0.717) is 19.7 Å². The maximum absolute atomic E-state index is 11.4. The number of aryl methyl sites for hydroxylation is 3. The minimum atomic E-state index is -0.257. The SMILES string of the molecule is Cc1cc(C)c(C(N)CN2CCOC2=O)c(C)c1. The number of hydrogen-bond acceptors (Lipinski definition) is 3. The number of ether oxygens (including phenoxy) is 1. The van der Waals surface area contributed by atoms with Crippen LogP contribution in [0.15, 0.2) is 12.1 Å². The lowest BCUT2D eigenvalue weighted by atomic mass is 9.94. The van der Waals surface area contributed by atoms with Gasteiger partial charge in [0.05, 0.1) is 6.54 Å². The predicted molar refractivity (Wildman–Crippen MR) is 70.5 cm³/mol. The number of benzene rings is 1. The molecule has 0 spiro atoms. The second kappa shape index (κ2) is 4.98. The van der Waals surface area contributed by atoms with Gasteiger partial charge < -0.3 is 15.4 Å². The van der Waals surface area contributed by atoms with E-state index < -0.39 is 0 Å². The smallest absolute Gasteiger partial charge is 0.410 e. The number of nitrogens with zero attached hydrogens (tertiary/aromatic N) is 1. The van der Waals surface area contributed by atoms with Crippen molar-refractivity contribution < 1.29 is 9.53 Å². The zero-order valence-corrected chi connectivity index (χ0v) is 11.2. The Morgan fingerprint density at radius 2 is 1.94 bits per heavy atom. The fraction of sp³-hybridized carbons (Fsp3) is 0.500. The summed E-state index contributed by atoms with van der Waals surface area (Å²) in [5, 5.41) is 0. The van der Waals surface area contributed by atoms with Crippen molar-refractivity contribution >= 4 is 6.09 Å². The Kier molecular flexibility index (Phi) is 3.57. The van der Waals surface area contributed by atoms with Crippen molar-refractivity contribution in [1.82, 2.24) is 4.90 Å². The van der Waals surface area contributed by atoms with Crippen molar-refractivity contribution in [3.05, 3.63) is 34.4 Å². The van der Waals surface area contributed by atoms with E-state index in [-0.39, 0.29) is 12.1 Å². The van der Waals surface area contributed by atoms with Gasteiger partial charge in [0.25, 0.3) is 0 Å². The summed E-state index contributed by atoms with van der Waals surface area (Å²) < 4.78 is 4.91. The first kappa shape index (κ1) is 12.9. The van der Waals surface area contributed by atoms with Crippen LogP contribution in [0.2, 0.25) is 0 Å². The number of carbonyl (C=O) groups is 1. The summed E-state index contributed by atoms with van der Waals surface area (Å²) in [5.74, 6) is 0. The molecule has 4 heteroatoms. The average molecular weight is 248 g/mol. The summed E-state index contributed by atoms with van der Waals surface area (Å²) >= 11 is 0. The van der Waals surface area contributed by atoms with Gasteiger partial charge in [0, 0.05) is 12.6 Å². The predicted octanol–water partition coefficient (Wildman–Crippen LogP) is 2.06. The van der Waals surface area contributed by atoms with Crippen molar-refractivity contribution in [1.29, 1.82) is 0 Å². The quantitative estimate of drug-likeness (QED) is 0.890. The minimum absolute atomic E-state index is 0.156. The molecule has 18 heavy (non-hydrogen) atoms. The van der Waals surface area contributed by atoms with Gasteiger partial charge in [-0.25, -0.2) is 4.79 Å². The molecule has 1 atom stereocenters. The summed E-state index contributed by atoms with van der Waals surface area (Å²) in [4.78, 5) is 13.1. The maximum atomic E-state index is 11.4. The molecule has 1 aromatic carbocycles. The Morgan fingerprint density at radius 3 is 2.44 bits per heavy atom. The van der Waals surface area contributed by atoms with Gasteiger partial charge in [-0.05, 0) is 37.5 Å². The van der Waals surface area contributed by atoms with Crippen molar-refractivity contribution in [2.45, 2.75) is 26.8 Å². The van der Waals surface area contributed by atoms with Gasteiger partial charge in [0.1, 0.15) is 6.61 Å². The number of hydrogen-bond donors (Lipinski definition) is 1. The number of amides is 1. The monoisotopic (exact) mass is 248 g/mol. The van der Waals surface area contributed by atoms with E-state index in [1.165, 1.54) is 16.7 Å². The van der Waals surface area contributed by atoms with Crippen molar-refractivity contribution in [2.24, 2.45) is 5.73 Å². The fourth-order valence-corrected chi connectivity index (χ4v) is 2.70. The van der Waals surface area contributed by atoms with Crippen LogP contribution < -0.4 is 5.73 Å². The third kappa shape index (κ3) is 2.48. The molecule has 1 heterocycles. The van der Waals surface area contributed by atoms with E-state index in [4.69, 9.17) is 10.5 Å². The molecule has 0 bridgehead atoms. The zero-order valence-electron chi connectivity index (χ0n) is 11.2. The number of nitrogens with two attached hydrogens (primary N) is 1. The van der Waals surface area contributed by atoms with E-state index in [9.17, 15) is 4.79 Å². The molecule has 1 aromatic rings. The summed E-state index contributed by atoms with van der Waals surface area (Å²) in [6, 6.07) is 4.10. The van der Waals surface area contributed by atoms with Gasteiger partial charge in [-0.3, -0.25) is 0 Å². The van der Waals surface area contributed by atoms with E-state index in [1.54, 1.807) is 4.90 Å². The molecule has 98 valence electrons. The van der Waals surface area contributed by atoms with Crippen LogP contribution in [-0.4, -0.2) is 30.7 Å². The lowest BCUT2D eigenvalue weighted by Crippen LogP contribution is -2.33. The first-order valence-electron chi connectivity index (χ1n) is 6.24. The molecule has 2 N–H and O–H groups in total. The Hall–Kier alpha value is -1.55. The van der Waals surface area contributed by atoms with Crippen LogP contribution in [-0.2, 0) is 4.74 Å². The minimum Gasteiger partial charge on any atom is -0.448 e. The molecule has 4 nitrogen and oxygen atoms in total. The van der Waals surface area contributed by atoms with Crippen molar-refractivity contribution in [3.8, 4) is 0 Å². The third-order valence-electron chi connectivity index (χ3n) is 3.37. The number of carbonyl (C=O) groups excluding carboxylic acids is 1. The largest absolute Gasteiger partial charge is 0.448 e. The molecular weight excluding hydrogens is 228 g/mol. The second-order valence-electron chi connectivity index (χ2n) is 4.98. The molecule has 1 fully saturated rings. The molecule has 1 amide bonds. The van der Waals surface area contributed by atoms with Gasteiger partial charge >= 0.3 is 6.09 Å². The van der Waals surface area contributed by atoms with Gasteiger partial charge in [-0.2, -0.15) is 0 Å². The molecule has 1 aliphatic rings. The standard InChI is InChI=1S/C14H20N2O2/c1-9-6-10(2)13(11(3)7-9)12(15)8-16-4-5-18-14(16)17/h6-7,12H,4-5,8,15H2,1-3H3. The van der Waals surface area contributed by atoms with E-state index >= 15 is 0 Å². The second-order valence-corrected chi connectivity index (χ2v) is 4.98. The molecule has 1 aliphatic heterocycles. The van der Waals surface area contributed by atoms with Crippen LogP contribution >= 0.6 is 0 Å². The van der Waals surface area contributed by atoms with E-state index in [0.717, 1.165) is 5.56 Å². The van der Waals surface area contributed by atoms with Crippen LogP contribution in [0.4, 0.5) is 4.79 Å². The topological polar surface area (TPSA) is 55.6 Å². The summed E-state index contributed by atoms with van der Waals surface area (Å²) in [5.41, 5.74) is 11.0. The summed E-state index contributed by atoms with van der Waals surface area (Å²) in [6.07, 6.45) is -0.257. The number of rotatable bonds is 3. The fourth-order valence-electron chi connectivity index (χ4n) is 2.70. The first-order valence-corrected chi connectivity index (χ1v) is 6.24. The molecule has 0 aromatic heterocycles. The molecule has 1 saturated heterocycles. The molecule has 2 rings (SSSR count). The Bertz CT molecular complexity index is 448. The molecular formula is C14H20N2O2. The lowest BCUT2D eigenvalue weighted by Gasteiger charge is -2.22. The highest BCUT2D eigenvalue weighted by molar-refractivity contribution is 5.69. The van der Waals surface area contributed by atoms with Gasteiger partial charge in [-0.15, -0.1) is 0 Å². The Morgan fingerprint density at radius 1 is 1.33 bits per heavy atom. The summed E-state index contributed by atoms with van der Waals surface area (Å²) in [6.45, 7) is 7.83. The molecule has 0 saturated carbocycles. The average Bonchev–Trinajstić information content (AvgIpc) is 2.62. The van der Waals surface area contributed by atoms with Gasteiger partial charge in [0.15, 0.2) is 0 Å². The van der Waals surface area contributed by atoms with Crippen LogP contribution in [0, 0.1) is 20.8 Å². The first-order chi connectivity index (χ1) is 8.49. The van der Waals surface area contributed by atoms with E-state index in [1.807, 2.05) is 0 Å². The Labute approximate surface area is 108 Å². The van der Waals surface area contributed by atoms with Crippen LogP contribution in [0.5, 0.6) is 0 Å². The van der Waals surface area contributed by atoms with E-state index in [2.05, 4.69) is 32.9 Å². The Balaban J connectivity index is 2.18. The highest BCUT2D eigenvalue weighted by atomic mass is 16.6. The normalized spacial score (nSPS) is 16.9. The summed E-state index contributed by atoms with van der Waals surface area (Å²) in [7, 11) is 0. The zero-order chi connectivity index (χ0) is 13.3. The highest BCUT2D eigenvalue weighted by Crippen LogP contribution is 2.23. The number of cyclic esters (lactones) is 1. The lowest BCUT2D eigenvalue weighted by molar-refractivity contribution is 0.157. The highest BCUT2D eigenvalue weighted by Gasteiger charge is 2.25. The van der Waals surface area contributed by atoms with Crippen molar-refractivity contribution in [2.75, 3.05) is 19.7 Å². The van der Waals surface area contributed by atoms with Crippen LogP contribution in [0.1, 0.15) is 28.3 Å².